The summed E-state index contributed by atoms with van der Waals surface area (Å²) in [7, 11) is 1.62. The van der Waals surface area contributed by atoms with Crippen LogP contribution >= 0.6 is 12.2 Å². The highest BCUT2D eigenvalue weighted by atomic mass is 32.1. The minimum absolute atomic E-state index is 0.391. The molecule has 0 bridgehead atoms. The molecule has 2 aromatic heterocycles. The average Bonchev–Trinajstić information content (AvgIpc) is 3.11. The highest BCUT2D eigenvalue weighted by Gasteiger charge is 2.11. The van der Waals surface area contributed by atoms with Gasteiger partial charge in [0.15, 0.2) is 0 Å². The number of rotatable bonds is 4. The lowest BCUT2D eigenvalue weighted by Crippen LogP contribution is -1.96. The van der Waals surface area contributed by atoms with E-state index in [1.54, 1.807) is 13.3 Å². The molecule has 0 amide bonds. The molecule has 3 aromatic rings. The summed E-state index contributed by atoms with van der Waals surface area (Å²) in [5, 5.41) is 18.3. The standard InChI is InChI=1S/C14H14N6OS/c1-9-7-11(17-16-9)13-18-19-14(22)20(13)15-8-10-5-3-4-6-12(10)21-2/h3-8H,1-2H3,(H,16,17)(H,19,22)/b15-8-. The van der Waals surface area contributed by atoms with Crippen LogP contribution in [0.2, 0.25) is 0 Å². The Morgan fingerprint density at radius 1 is 1.27 bits per heavy atom. The van der Waals surface area contributed by atoms with E-state index in [0.717, 1.165) is 17.0 Å². The maximum absolute atomic E-state index is 5.30. The van der Waals surface area contributed by atoms with Crippen molar-refractivity contribution in [3.05, 3.63) is 46.4 Å². The van der Waals surface area contributed by atoms with Crippen LogP contribution in [0.1, 0.15) is 11.3 Å². The number of nitrogens with one attached hydrogen (secondary N) is 2. The molecule has 0 fully saturated rings. The third-order valence-corrected chi connectivity index (χ3v) is 3.30. The predicted molar refractivity (Wildman–Crippen MR) is 85.7 cm³/mol. The number of hydrogen-bond donors (Lipinski definition) is 2. The normalized spacial score (nSPS) is 11.2. The molecule has 2 heterocycles. The van der Waals surface area contributed by atoms with Gasteiger partial charge in [-0.1, -0.05) is 12.1 Å². The first-order chi connectivity index (χ1) is 10.7. The number of aromatic nitrogens is 5. The second-order valence-corrected chi connectivity index (χ2v) is 4.97. The maximum atomic E-state index is 5.30. The summed E-state index contributed by atoms with van der Waals surface area (Å²) in [4.78, 5) is 0. The first kappa shape index (κ1) is 14.2. The van der Waals surface area contributed by atoms with Gasteiger partial charge in [-0.05, 0) is 37.3 Å². The van der Waals surface area contributed by atoms with Crippen molar-refractivity contribution in [1.29, 1.82) is 0 Å². The van der Waals surface area contributed by atoms with E-state index in [0.29, 0.717) is 16.3 Å². The molecule has 0 aliphatic heterocycles. The lowest BCUT2D eigenvalue weighted by atomic mass is 10.2. The van der Waals surface area contributed by atoms with Gasteiger partial charge >= 0.3 is 0 Å². The quantitative estimate of drug-likeness (QED) is 0.572. The molecule has 0 unspecified atom stereocenters. The van der Waals surface area contributed by atoms with Crippen LogP contribution < -0.4 is 4.74 Å². The van der Waals surface area contributed by atoms with Gasteiger partial charge in [-0.15, -0.1) is 0 Å². The van der Waals surface area contributed by atoms with Gasteiger partial charge in [0.25, 0.3) is 0 Å². The molecule has 3 rings (SSSR count). The Morgan fingerprint density at radius 2 is 2.09 bits per heavy atom. The number of benzene rings is 1. The number of hydrogen-bond acceptors (Lipinski definition) is 5. The molecule has 0 atom stereocenters. The summed E-state index contributed by atoms with van der Waals surface area (Å²) >= 11 is 5.22. The zero-order valence-electron chi connectivity index (χ0n) is 12.1. The fourth-order valence-corrected chi connectivity index (χ4v) is 2.17. The summed E-state index contributed by atoms with van der Waals surface area (Å²) in [5.74, 6) is 1.28. The fraction of sp³-hybridized carbons (Fsp3) is 0.143. The second kappa shape index (κ2) is 5.94. The highest BCUT2D eigenvalue weighted by molar-refractivity contribution is 7.71. The van der Waals surface area contributed by atoms with Crippen molar-refractivity contribution < 1.29 is 4.74 Å². The molecule has 2 N–H and O–H groups in total. The van der Waals surface area contributed by atoms with Crippen LogP contribution in [0.15, 0.2) is 35.4 Å². The van der Waals surface area contributed by atoms with Gasteiger partial charge in [0.05, 0.1) is 13.3 Å². The number of H-pyrrole nitrogens is 2. The van der Waals surface area contributed by atoms with Crippen molar-refractivity contribution in [2.75, 3.05) is 7.11 Å². The predicted octanol–water partition coefficient (Wildman–Crippen LogP) is 2.53. The Hall–Kier alpha value is -2.74. The van der Waals surface area contributed by atoms with Crippen molar-refractivity contribution in [1.82, 2.24) is 25.1 Å². The lowest BCUT2D eigenvalue weighted by Gasteiger charge is -2.03. The van der Waals surface area contributed by atoms with E-state index < -0.39 is 0 Å². The second-order valence-electron chi connectivity index (χ2n) is 4.59. The van der Waals surface area contributed by atoms with E-state index in [4.69, 9.17) is 17.0 Å². The number of ether oxygens (including phenoxy) is 1. The Balaban J connectivity index is 2.01. The highest BCUT2D eigenvalue weighted by Crippen LogP contribution is 2.17. The summed E-state index contributed by atoms with van der Waals surface area (Å²) in [6, 6.07) is 9.46. The van der Waals surface area contributed by atoms with E-state index in [9.17, 15) is 0 Å². The summed E-state index contributed by atoms with van der Waals surface area (Å²) < 4.78 is 7.21. The molecule has 0 aliphatic carbocycles. The van der Waals surface area contributed by atoms with E-state index >= 15 is 0 Å². The van der Waals surface area contributed by atoms with Crippen molar-refractivity contribution in [2.45, 2.75) is 6.92 Å². The summed E-state index contributed by atoms with van der Waals surface area (Å²) in [6.45, 7) is 1.92. The maximum Gasteiger partial charge on any atom is 0.216 e. The van der Waals surface area contributed by atoms with Crippen LogP contribution in [-0.4, -0.2) is 38.4 Å². The minimum atomic E-state index is 0.391. The number of para-hydroxylation sites is 1. The third-order valence-electron chi connectivity index (χ3n) is 3.04. The van der Waals surface area contributed by atoms with Crippen LogP contribution in [0.25, 0.3) is 11.5 Å². The Labute approximate surface area is 131 Å². The van der Waals surface area contributed by atoms with Crippen molar-refractivity contribution in [3.8, 4) is 17.3 Å². The van der Waals surface area contributed by atoms with Crippen LogP contribution in [0.4, 0.5) is 0 Å². The average molecular weight is 314 g/mol. The zero-order valence-corrected chi connectivity index (χ0v) is 12.9. The zero-order chi connectivity index (χ0) is 15.5. The SMILES string of the molecule is COc1ccccc1/C=N\n1c(-c2cc(C)[nH]n2)n[nH]c1=S. The number of methoxy groups -OCH3 is 1. The third kappa shape index (κ3) is 2.68. The van der Waals surface area contributed by atoms with Gasteiger partial charge in [0.2, 0.25) is 10.6 Å². The van der Waals surface area contributed by atoms with Crippen molar-refractivity contribution in [2.24, 2.45) is 5.10 Å². The molecule has 7 nitrogen and oxygen atoms in total. The van der Waals surface area contributed by atoms with Gasteiger partial charge in [0, 0.05) is 11.3 Å². The van der Waals surface area contributed by atoms with E-state index in [-0.39, 0.29) is 0 Å². The molecular weight excluding hydrogens is 300 g/mol. The van der Waals surface area contributed by atoms with E-state index in [2.05, 4.69) is 25.5 Å². The first-order valence-electron chi connectivity index (χ1n) is 6.56. The van der Waals surface area contributed by atoms with Gasteiger partial charge < -0.3 is 4.74 Å². The number of nitrogens with zero attached hydrogens (tertiary/aromatic N) is 4. The molecule has 0 spiro atoms. The molecule has 0 aliphatic rings. The van der Waals surface area contributed by atoms with Crippen LogP contribution in [0.5, 0.6) is 5.75 Å². The molecule has 112 valence electrons. The Morgan fingerprint density at radius 3 is 2.82 bits per heavy atom. The summed E-state index contributed by atoms with van der Waals surface area (Å²) in [5.41, 5.74) is 2.45. The van der Waals surface area contributed by atoms with E-state index in [1.165, 1.54) is 4.68 Å². The van der Waals surface area contributed by atoms with Crippen LogP contribution in [0.3, 0.4) is 0 Å². The van der Waals surface area contributed by atoms with Gasteiger partial charge in [-0.3, -0.25) is 5.10 Å². The Kier molecular flexibility index (Phi) is 3.84. The van der Waals surface area contributed by atoms with Gasteiger partial charge in [-0.2, -0.15) is 20.0 Å². The minimum Gasteiger partial charge on any atom is -0.496 e. The molecular formula is C14H14N6OS. The molecule has 0 saturated carbocycles. The number of aryl methyl sites for hydroxylation is 1. The molecule has 22 heavy (non-hydrogen) atoms. The van der Waals surface area contributed by atoms with Crippen LogP contribution in [-0.2, 0) is 0 Å². The lowest BCUT2D eigenvalue weighted by molar-refractivity contribution is 0.414. The molecule has 8 heteroatoms. The first-order valence-corrected chi connectivity index (χ1v) is 6.97. The molecule has 0 saturated heterocycles. The molecule has 0 radical (unpaired) electrons. The Bertz CT molecular complexity index is 875. The smallest absolute Gasteiger partial charge is 0.216 e. The van der Waals surface area contributed by atoms with Crippen molar-refractivity contribution >= 4 is 18.4 Å². The van der Waals surface area contributed by atoms with E-state index in [1.807, 2.05) is 37.3 Å². The largest absolute Gasteiger partial charge is 0.496 e. The van der Waals surface area contributed by atoms with Gasteiger partial charge in [0.1, 0.15) is 11.4 Å². The van der Waals surface area contributed by atoms with Crippen molar-refractivity contribution in [3.63, 3.8) is 0 Å². The monoisotopic (exact) mass is 314 g/mol. The van der Waals surface area contributed by atoms with Gasteiger partial charge in [-0.25, -0.2) is 5.10 Å². The topological polar surface area (TPSA) is 83.9 Å². The molecule has 1 aromatic carbocycles. The number of aromatic amines is 2. The fourth-order valence-electron chi connectivity index (χ4n) is 1.99. The van der Waals surface area contributed by atoms with Crippen LogP contribution in [0, 0.1) is 11.7 Å². The summed E-state index contributed by atoms with van der Waals surface area (Å²) in [6.07, 6.45) is 1.67.